The van der Waals surface area contributed by atoms with Crippen molar-refractivity contribution in [2.24, 2.45) is 0 Å². The van der Waals surface area contributed by atoms with Gasteiger partial charge in [-0.05, 0) is 35.9 Å². The topological polar surface area (TPSA) is 73.2 Å². The Morgan fingerprint density at radius 3 is 2.64 bits per heavy atom. The summed E-state index contributed by atoms with van der Waals surface area (Å²) in [6.07, 6.45) is 3.62. The smallest absolute Gasteiger partial charge is 0.254 e. The van der Waals surface area contributed by atoms with Crippen molar-refractivity contribution in [3.8, 4) is 11.5 Å². The Kier molecular flexibility index (Phi) is 8.41. The van der Waals surface area contributed by atoms with Crippen LogP contribution < -0.4 is 9.47 Å². The summed E-state index contributed by atoms with van der Waals surface area (Å²) >= 11 is 0. The first-order valence-corrected chi connectivity index (χ1v) is 11.8. The van der Waals surface area contributed by atoms with Gasteiger partial charge in [-0.25, -0.2) is 0 Å². The Morgan fingerprint density at radius 2 is 1.86 bits per heavy atom. The van der Waals surface area contributed by atoms with Gasteiger partial charge in [0, 0.05) is 44.2 Å². The first-order chi connectivity index (χ1) is 17.6. The van der Waals surface area contributed by atoms with Crippen LogP contribution in [0.25, 0.3) is 0 Å². The van der Waals surface area contributed by atoms with Crippen molar-refractivity contribution < 1.29 is 23.8 Å². The predicted molar refractivity (Wildman–Crippen MR) is 136 cm³/mol. The number of amides is 2. The SMILES string of the molecule is C=CCN(CC(=O)N(CCOC)Cc1cccn1Cc1ccccc1)C(=O)c1ccc2c(c1)OCO2. The molecule has 2 amide bonds. The Hall–Kier alpha value is -4.04. The zero-order valence-electron chi connectivity index (χ0n) is 20.5. The van der Waals surface area contributed by atoms with E-state index in [2.05, 4.69) is 23.3 Å². The molecule has 0 unspecified atom stereocenters. The van der Waals surface area contributed by atoms with Crippen LogP contribution in [0, 0.1) is 0 Å². The lowest BCUT2D eigenvalue weighted by molar-refractivity contribution is -0.133. The van der Waals surface area contributed by atoms with Gasteiger partial charge in [-0.3, -0.25) is 9.59 Å². The zero-order chi connectivity index (χ0) is 25.3. The fourth-order valence-electron chi connectivity index (χ4n) is 4.07. The van der Waals surface area contributed by atoms with Crippen molar-refractivity contribution >= 4 is 11.8 Å². The second kappa shape index (κ2) is 12.1. The van der Waals surface area contributed by atoms with E-state index in [1.807, 2.05) is 36.5 Å². The highest BCUT2D eigenvalue weighted by Gasteiger charge is 2.24. The first kappa shape index (κ1) is 25.1. The monoisotopic (exact) mass is 489 g/mol. The van der Waals surface area contributed by atoms with Crippen molar-refractivity contribution in [2.45, 2.75) is 13.1 Å². The molecule has 0 saturated carbocycles. The number of benzene rings is 2. The van der Waals surface area contributed by atoms with Crippen molar-refractivity contribution in [1.29, 1.82) is 0 Å². The molecule has 0 N–H and O–H groups in total. The second-order valence-corrected chi connectivity index (χ2v) is 8.46. The predicted octanol–water partition coefficient (Wildman–Crippen LogP) is 3.57. The highest BCUT2D eigenvalue weighted by atomic mass is 16.7. The number of carbonyl (C=O) groups is 2. The standard InChI is InChI=1S/C28H31N3O5/c1-3-13-31(28(33)23-11-12-25-26(17-23)36-21-35-25)20-27(32)30(15-16-34-2)19-24-10-7-14-29(24)18-22-8-5-4-6-9-22/h3-12,14,17H,1,13,15-16,18-21H2,2H3. The van der Waals surface area contributed by atoms with Crippen LogP contribution in [0.3, 0.4) is 0 Å². The molecule has 3 aromatic rings. The molecule has 0 bridgehead atoms. The summed E-state index contributed by atoms with van der Waals surface area (Å²) in [5.41, 5.74) is 2.60. The molecular weight excluding hydrogens is 458 g/mol. The van der Waals surface area contributed by atoms with Crippen molar-refractivity contribution in [3.63, 3.8) is 0 Å². The lowest BCUT2D eigenvalue weighted by Crippen LogP contribution is -2.44. The molecule has 0 saturated heterocycles. The van der Waals surface area contributed by atoms with E-state index < -0.39 is 0 Å². The quantitative estimate of drug-likeness (QED) is 0.364. The minimum absolute atomic E-state index is 0.0809. The van der Waals surface area contributed by atoms with Gasteiger partial charge in [0.05, 0.1) is 13.2 Å². The number of aromatic nitrogens is 1. The number of methoxy groups -OCH3 is 1. The van der Waals surface area contributed by atoms with Crippen LogP contribution in [0.15, 0.2) is 79.5 Å². The first-order valence-electron chi connectivity index (χ1n) is 11.8. The van der Waals surface area contributed by atoms with Crippen LogP contribution in [0.5, 0.6) is 11.5 Å². The fourth-order valence-corrected chi connectivity index (χ4v) is 4.07. The average molecular weight is 490 g/mol. The van der Waals surface area contributed by atoms with Gasteiger partial charge < -0.3 is 28.6 Å². The van der Waals surface area contributed by atoms with E-state index in [9.17, 15) is 9.59 Å². The fraction of sp³-hybridized carbons (Fsp3) is 0.286. The average Bonchev–Trinajstić information content (AvgIpc) is 3.55. The third-order valence-electron chi connectivity index (χ3n) is 5.97. The highest BCUT2D eigenvalue weighted by molar-refractivity contribution is 5.97. The molecule has 1 aromatic heterocycles. The maximum Gasteiger partial charge on any atom is 0.254 e. The summed E-state index contributed by atoms with van der Waals surface area (Å²) in [5.74, 6) is 0.671. The molecule has 1 aliphatic heterocycles. The van der Waals surface area contributed by atoms with Gasteiger partial charge in [0.2, 0.25) is 12.7 Å². The third kappa shape index (κ3) is 6.14. The number of fused-ring (bicyclic) bond motifs is 1. The van der Waals surface area contributed by atoms with Crippen molar-refractivity contribution in [2.75, 3.05) is 40.1 Å². The van der Waals surface area contributed by atoms with Crippen molar-refractivity contribution in [3.05, 3.63) is 96.3 Å². The van der Waals surface area contributed by atoms with Crippen LogP contribution in [-0.4, -0.2) is 66.3 Å². The molecule has 2 aromatic carbocycles. The Bertz CT molecular complexity index is 1190. The summed E-state index contributed by atoms with van der Waals surface area (Å²) in [5, 5.41) is 0. The molecule has 0 aliphatic carbocycles. The maximum absolute atomic E-state index is 13.4. The van der Waals surface area contributed by atoms with E-state index in [0.717, 1.165) is 5.69 Å². The number of hydrogen-bond acceptors (Lipinski definition) is 5. The Labute approximate surface area is 211 Å². The zero-order valence-corrected chi connectivity index (χ0v) is 20.5. The van der Waals surface area contributed by atoms with Gasteiger partial charge in [0.15, 0.2) is 11.5 Å². The molecule has 0 spiro atoms. The molecule has 1 aliphatic rings. The summed E-state index contributed by atoms with van der Waals surface area (Å²) in [6, 6.07) is 19.2. The van der Waals surface area contributed by atoms with Gasteiger partial charge in [-0.15, -0.1) is 6.58 Å². The third-order valence-corrected chi connectivity index (χ3v) is 5.97. The van der Waals surface area contributed by atoms with Gasteiger partial charge in [-0.2, -0.15) is 0 Å². The van der Waals surface area contributed by atoms with Crippen LogP contribution in [0.1, 0.15) is 21.6 Å². The normalized spacial score (nSPS) is 11.8. The molecule has 0 fully saturated rings. The van der Waals surface area contributed by atoms with Gasteiger partial charge in [0.1, 0.15) is 6.54 Å². The summed E-state index contributed by atoms with van der Waals surface area (Å²) in [4.78, 5) is 29.9. The van der Waals surface area contributed by atoms with Gasteiger partial charge in [0.25, 0.3) is 5.91 Å². The molecule has 4 rings (SSSR count). The van der Waals surface area contributed by atoms with E-state index in [0.29, 0.717) is 43.3 Å². The van der Waals surface area contributed by atoms with Crippen LogP contribution in [0.4, 0.5) is 0 Å². The summed E-state index contributed by atoms with van der Waals surface area (Å²) in [6.45, 7) is 5.96. The molecule has 8 heteroatoms. The van der Waals surface area contributed by atoms with E-state index in [-0.39, 0.29) is 31.7 Å². The Balaban J connectivity index is 1.48. The van der Waals surface area contributed by atoms with Gasteiger partial charge >= 0.3 is 0 Å². The van der Waals surface area contributed by atoms with Crippen molar-refractivity contribution in [1.82, 2.24) is 14.4 Å². The lowest BCUT2D eigenvalue weighted by Gasteiger charge is -2.27. The van der Waals surface area contributed by atoms with E-state index in [4.69, 9.17) is 14.2 Å². The summed E-state index contributed by atoms with van der Waals surface area (Å²) < 4.78 is 18.1. The molecule has 2 heterocycles. The number of rotatable bonds is 12. The second-order valence-electron chi connectivity index (χ2n) is 8.46. The van der Waals surface area contributed by atoms with Gasteiger partial charge in [-0.1, -0.05) is 36.4 Å². The van der Waals surface area contributed by atoms with E-state index in [1.54, 1.807) is 36.3 Å². The number of carbonyl (C=O) groups excluding carboxylic acids is 2. The van der Waals surface area contributed by atoms with Crippen LogP contribution in [-0.2, 0) is 22.6 Å². The number of hydrogen-bond donors (Lipinski definition) is 0. The highest BCUT2D eigenvalue weighted by Crippen LogP contribution is 2.32. The summed E-state index contributed by atoms with van der Waals surface area (Å²) in [7, 11) is 1.61. The number of ether oxygens (including phenoxy) is 3. The van der Waals surface area contributed by atoms with Crippen LogP contribution >= 0.6 is 0 Å². The minimum Gasteiger partial charge on any atom is -0.454 e. The van der Waals surface area contributed by atoms with E-state index >= 15 is 0 Å². The van der Waals surface area contributed by atoms with Crippen LogP contribution in [0.2, 0.25) is 0 Å². The Morgan fingerprint density at radius 1 is 1.06 bits per heavy atom. The molecule has 188 valence electrons. The minimum atomic E-state index is -0.277. The molecule has 36 heavy (non-hydrogen) atoms. The largest absolute Gasteiger partial charge is 0.454 e. The van der Waals surface area contributed by atoms with E-state index in [1.165, 1.54) is 10.5 Å². The molecule has 0 atom stereocenters. The number of nitrogens with zero attached hydrogens (tertiary/aromatic N) is 3. The molecular formula is C28H31N3O5. The molecule has 0 radical (unpaired) electrons. The lowest BCUT2D eigenvalue weighted by atomic mass is 10.1. The maximum atomic E-state index is 13.4. The molecule has 8 nitrogen and oxygen atoms in total.